The second-order valence-electron chi connectivity index (χ2n) is 7.31. The van der Waals surface area contributed by atoms with Crippen molar-refractivity contribution < 1.29 is 14.3 Å². The number of ether oxygens (including phenoxy) is 2. The summed E-state index contributed by atoms with van der Waals surface area (Å²) in [5.41, 5.74) is 2.25. The highest BCUT2D eigenvalue weighted by molar-refractivity contribution is 5.92. The van der Waals surface area contributed by atoms with Crippen molar-refractivity contribution >= 4 is 11.9 Å². The van der Waals surface area contributed by atoms with Crippen molar-refractivity contribution in [3.05, 3.63) is 77.3 Å². The number of nitrogens with zero attached hydrogens (tertiary/aromatic N) is 3. The quantitative estimate of drug-likeness (QED) is 0.544. The molecule has 0 bridgehead atoms. The molecule has 7 heteroatoms. The topological polar surface area (TPSA) is 78.3 Å². The number of nitrogens with one attached hydrogen (secondary N) is 1. The highest BCUT2D eigenvalue weighted by Crippen LogP contribution is 2.38. The third kappa shape index (κ3) is 4.30. The lowest BCUT2D eigenvalue weighted by atomic mass is 9.94. The first-order valence-corrected chi connectivity index (χ1v) is 10.5. The summed E-state index contributed by atoms with van der Waals surface area (Å²) in [5, 5.41) is 7.87. The molecular formula is C24H26N4O3. The Bertz CT molecular complexity index is 1110. The van der Waals surface area contributed by atoms with Crippen molar-refractivity contribution in [3.8, 4) is 11.5 Å². The number of hydrogen-bond acceptors (Lipinski definition) is 6. The number of hydrogen-bond donors (Lipinski definition) is 1. The molecule has 0 spiro atoms. The Morgan fingerprint density at radius 3 is 2.61 bits per heavy atom. The van der Waals surface area contributed by atoms with Crippen molar-refractivity contribution in [3.63, 3.8) is 0 Å². The summed E-state index contributed by atoms with van der Waals surface area (Å²) < 4.78 is 13.2. The van der Waals surface area contributed by atoms with Crippen LogP contribution in [0.15, 0.2) is 65.9 Å². The normalized spacial score (nSPS) is 15.3. The monoisotopic (exact) mass is 418 g/mol. The van der Waals surface area contributed by atoms with Gasteiger partial charge in [0.1, 0.15) is 23.4 Å². The first-order valence-electron chi connectivity index (χ1n) is 10.5. The molecule has 3 aromatic rings. The predicted molar refractivity (Wildman–Crippen MR) is 118 cm³/mol. The molecule has 4 rings (SSSR count). The molecule has 1 aliphatic rings. The van der Waals surface area contributed by atoms with E-state index >= 15 is 0 Å². The minimum absolute atomic E-state index is 0.300. The molecule has 160 valence electrons. The van der Waals surface area contributed by atoms with Crippen molar-refractivity contribution in [1.29, 1.82) is 0 Å². The van der Waals surface area contributed by atoms with Gasteiger partial charge in [-0.3, -0.25) is 0 Å². The van der Waals surface area contributed by atoms with Gasteiger partial charge in [-0.2, -0.15) is 10.1 Å². The van der Waals surface area contributed by atoms with Crippen LogP contribution in [0.2, 0.25) is 0 Å². The average molecular weight is 418 g/mol. The standard InChI is InChI=1S/C24H26N4O3/c1-4-10-20-21(23(29)30-5-2)22(28-24(26-20)25-16(3)27-28)17-11-9-14-19(15-17)31-18-12-7-6-8-13-18/h6-9,11-15,22H,4-5,10H2,1-3H3,(H,25,26,27). The van der Waals surface area contributed by atoms with Gasteiger partial charge < -0.3 is 14.8 Å². The van der Waals surface area contributed by atoms with Crippen LogP contribution in [0.5, 0.6) is 11.5 Å². The molecule has 2 aromatic carbocycles. The molecule has 0 radical (unpaired) electrons. The lowest BCUT2D eigenvalue weighted by Gasteiger charge is -2.29. The van der Waals surface area contributed by atoms with Crippen LogP contribution in [-0.4, -0.2) is 27.3 Å². The van der Waals surface area contributed by atoms with E-state index in [2.05, 4.69) is 22.3 Å². The fourth-order valence-corrected chi connectivity index (χ4v) is 3.76. The van der Waals surface area contributed by atoms with Crippen molar-refractivity contribution in [2.24, 2.45) is 0 Å². The number of anilines is 1. The Morgan fingerprint density at radius 1 is 1.10 bits per heavy atom. The van der Waals surface area contributed by atoms with Crippen LogP contribution in [0.3, 0.4) is 0 Å². The summed E-state index contributed by atoms with van der Waals surface area (Å²) >= 11 is 0. The molecule has 0 saturated carbocycles. The van der Waals surface area contributed by atoms with Gasteiger partial charge in [0.25, 0.3) is 0 Å². The van der Waals surface area contributed by atoms with Crippen LogP contribution in [-0.2, 0) is 9.53 Å². The molecular weight excluding hydrogens is 392 g/mol. The van der Waals surface area contributed by atoms with Gasteiger partial charge in [-0.15, -0.1) is 0 Å². The summed E-state index contributed by atoms with van der Waals surface area (Å²) in [7, 11) is 0. The minimum atomic E-state index is -0.461. The zero-order valence-electron chi connectivity index (χ0n) is 18.0. The fraction of sp³-hybridized carbons (Fsp3) is 0.292. The fourth-order valence-electron chi connectivity index (χ4n) is 3.76. The van der Waals surface area contributed by atoms with Crippen molar-refractivity contribution in [1.82, 2.24) is 14.8 Å². The largest absolute Gasteiger partial charge is 0.463 e. The van der Waals surface area contributed by atoms with Crippen LogP contribution in [0.4, 0.5) is 5.95 Å². The molecule has 0 fully saturated rings. The van der Waals surface area contributed by atoms with E-state index in [1.54, 1.807) is 4.68 Å². The number of aryl methyl sites for hydroxylation is 1. The van der Waals surface area contributed by atoms with Crippen LogP contribution >= 0.6 is 0 Å². The van der Waals surface area contributed by atoms with Crippen LogP contribution in [0.1, 0.15) is 44.1 Å². The second kappa shape index (κ2) is 9.04. The number of esters is 1. The third-order valence-electron chi connectivity index (χ3n) is 4.99. The average Bonchev–Trinajstić information content (AvgIpc) is 3.13. The van der Waals surface area contributed by atoms with E-state index in [-0.39, 0.29) is 5.97 Å². The van der Waals surface area contributed by atoms with E-state index in [1.165, 1.54) is 0 Å². The highest BCUT2D eigenvalue weighted by atomic mass is 16.5. The summed E-state index contributed by atoms with van der Waals surface area (Å²) in [6, 6.07) is 16.9. The van der Waals surface area contributed by atoms with Gasteiger partial charge in [0.05, 0.1) is 12.2 Å². The Balaban J connectivity index is 1.81. The van der Waals surface area contributed by atoms with E-state index < -0.39 is 6.04 Å². The van der Waals surface area contributed by atoms with Gasteiger partial charge in [0, 0.05) is 5.70 Å². The number of carbonyl (C=O) groups is 1. The Labute approximate surface area is 181 Å². The van der Waals surface area contributed by atoms with Gasteiger partial charge in [-0.25, -0.2) is 9.48 Å². The third-order valence-corrected chi connectivity index (χ3v) is 4.99. The number of fused-ring (bicyclic) bond motifs is 1. The van der Waals surface area contributed by atoms with Gasteiger partial charge in [0.15, 0.2) is 0 Å². The molecule has 1 aliphatic heterocycles. The number of benzene rings is 2. The SMILES string of the molecule is CCCC1=C(C(=O)OCC)C(c2cccc(Oc3ccccc3)c2)n2nc(C)nc2N1. The van der Waals surface area contributed by atoms with E-state index in [0.29, 0.717) is 36.1 Å². The van der Waals surface area contributed by atoms with Crippen molar-refractivity contribution in [2.45, 2.75) is 39.7 Å². The Hall–Kier alpha value is -3.61. The molecule has 1 N–H and O–H groups in total. The summed E-state index contributed by atoms with van der Waals surface area (Å²) in [6.45, 7) is 6.02. The van der Waals surface area contributed by atoms with E-state index in [0.717, 1.165) is 23.4 Å². The lowest BCUT2D eigenvalue weighted by Crippen LogP contribution is -2.30. The van der Waals surface area contributed by atoms with E-state index in [4.69, 9.17) is 9.47 Å². The zero-order valence-corrected chi connectivity index (χ0v) is 18.0. The maximum atomic E-state index is 13.0. The summed E-state index contributed by atoms with van der Waals surface area (Å²) in [6.07, 6.45) is 1.58. The van der Waals surface area contributed by atoms with Crippen LogP contribution < -0.4 is 10.1 Å². The summed E-state index contributed by atoms with van der Waals surface area (Å²) in [5.74, 6) is 2.33. The molecule has 1 aromatic heterocycles. The first-order chi connectivity index (χ1) is 15.1. The maximum absolute atomic E-state index is 13.0. The number of allylic oxidation sites excluding steroid dienone is 1. The van der Waals surface area contributed by atoms with Gasteiger partial charge in [0.2, 0.25) is 5.95 Å². The minimum Gasteiger partial charge on any atom is -0.463 e. The molecule has 0 saturated heterocycles. The number of aromatic nitrogens is 3. The molecule has 1 unspecified atom stereocenters. The summed E-state index contributed by atoms with van der Waals surface area (Å²) in [4.78, 5) is 17.6. The molecule has 1 atom stereocenters. The highest BCUT2D eigenvalue weighted by Gasteiger charge is 2.36. The zero-order chi connectivity index (χ0) is 21.8. The molecule has 31 heavy (non-hydrogen) atoms. The second-order valence-corrected chi connectivity index (χ2v) is 7.31. The lowest BCUT2D eigenvalue weighted by molar-refractivity contribution is -0.139. The molecule has 7 nitrogen and oxygen atoms in total. The van der Waals surface area contributed by atoms with Gasteiger partial charge in [-0.05, 0) is 50.1 Å². The number of carbonyl (C=O) groups excluding carboxylic acids is 1. The van der Waals surface area contributed by atoms with Crippen molar-refractivity contribution in [2.75, 3.05) is 11.9 Å². The van der Waals surface area contributed by atoms with E-state index in [1.807, 2.05) is 68.4 Å². The molecule has 2 heterocycles. The van der Waals surface area contributed by atoms with E-state index in [9.17, 15) is 4.79 Å². The molecule has 0 aliphatic carbocycles. The maximum Gasteiger partial charge on any atom is 0.338 e. The number of rotatable bonds is 7. The van der Waals surface area contributed by atoms with Gasteiger partial charge >= 0.3 is 5.97 Å². The first kappa shape index (κ1) is 20.7. The molecule has 0 amide bonds. The smallest absolute Gasteiger partial charge is 0.338 e. The van der Waals surface area contributed by atoms with Crippen LogP contribution in [0, 0.1) is 6.92 Å². The van der Waals surface area contributed by atoms with Gasteiger partial charge in [-0.1, -0.05) is 43.7 Å². The Morgan fingerprint density at radius 2 is 1.87 bits per heavy atom. The predicted octanol–water partition coefficient (Wildman–Crippen LogP) is 5.01. The number of para-hydroxylation sites is 1. The van der Waals surface area contributed by atoms with Crippen LogP contribution in [0.25, 0.3) is 0 Å². The Kier molecular flexibility index (Phi) is 6.02.